The molecule has 0 fully saturated rings. The zero-order chi connectivity index (χ0) is 95.8. The third-order valence-electron chi connectivity index (χ3n) is 27.7. The molecule has 29 rings (SSSR count). The van der Waals surface area contributed by atoms with Crippen molar-refractivity contribution in [2.24, 2.45) is 0 Å². The molecule has 23 aromatic carbocycles. The van der Waals surface area contributed by atoms with Crippen molar-refractivity contribution in [1.29, 1.82) is 0 Å². The average molecular weight is 1850 g/mol. The molecule has 676 valence electrons. The van der Waals surface area contributed by atoms with Crippen LogP contribution in [0, 0.1) is 0 Å². The first-order chi connectivity index (χ1) is 71.8. The lowest BCUT2D eigenvalue weighted by Crippen LogP contribution is -2.00. The molecule has 0 bridgehead atoms. The maximum Gasteiger partial charge on any atom is 0.164 e. The fourth-order valence-corrected chi connectivity index (χ4v) is 20.4. The highest BCUT2D eigenvalue weighted by atomic mass is 16.3. The van der Waals surface area contributed by atoms with Crippen LogP contribution in [-0.4, -0.2) is 44.9 Å². The average Bonchev–Trinajstić information content (AvgIpc) is 1.60. The summed E-state index contributed by atoms with van der Waals surface area (Å²) >= 11 is 0. The third kappa shape index (κ3) is 15.9. The van der Waals surface area contributed by atoms with Crippen molar-refractivity contribution >= 4 is 141 Å². The molecule has 6 aromatic heterocycles. The van der Waals surface area contributed by atoms with E-state index in [-0.39, 0.29) is 0 Å². The molecule has 6 heterocycles. The molecule has 0 spiro atoms. The first kappa shape index (κ1) is 84.6. The second-order valence-electron chi connectivity index (χ2n) is 36.6. The molecule has 12 heteroatoms. The second-order valence-corrected chi connectivity index (χ2v) is 36.6. The lowest BCUT2D eigenvalue weighted by molar-refractivity contribution is 0.669. The van der Waals surface area contributed by atoms with Crippen molar-refractivity contribution < 1.29 is 13.3 Å². The van der Waals surface area contributed by atoms with E-state index >= 15 is 0 Å². The summed E-state index contributed by atoms with van der Waals surface area (Å²) in [5, 5.41) is 22.4. The van der Waals surface area contributed by atoms with Crippen molar-refractivity contribution in [3.8, 4) is 147 Å². The van der Waals surface area contributed by atoms with Gasteiger partial charge in [0.2, 0.25) is 0 Å². The van der Waals surface area contributed by atoms with E-state index < -0.39 is 0 Å². The van der Waals surface area contributed by atoms with E-state index in [1.165, 1.54) is 54.0 Å². The van der Waals surface area contributed by atoms with Crippen LogP contribution < -0.4 is 0 Å². The van der Waals surface area contributed by atoms with Gasteiger partial charge in [-0.2, -0.15) is 0 Å². The van der Waals surface area contributed by atoms with E-state index in [1.807, 2.05) is 78.9 Å². The smallest absolute Gasteiger partial charge is 0.164 e. The first-order valence-electron chi connectivity index (χ1n) is 48.6. The summed E-state index contributed by atoms with van der Waals surface area (Å²) in [5.74, 6) is 5.54. The molecular weight excluding hydrogens is 1770 g/mol. The van der Waals surface area contributed by atoms with E-state index in [0.717, 1.165) is 182 Å². The minimum absolute atomic E-state index is 0.595. The molecule has 0 saturated heterocycles. The fraction of sp³-hybridized carbons (Fsp3) is 0. The van der Waals surface area contributed by atoms with Gasteiger partial charge in [-0.1, -0.05) is 388 Å². The van der Waals surface area contributed by atoms with Gasteiger partial charge in [0.25, 0.3) is 0 Å². The predicted molar refractivity (Wildman–Crippen MR) is 595 cm³/mol. The van der Waals surface area contributed by atoms with Gasteiger partial charge in [-0.25, -0.2) is 44.9 Å². The van der Waals surface area contributed by atoms with E-state index in [4.69, 9.17) is 58.1 Å². The quantitative estimate of drug-likeness (QED) is 0.108. The number of aromatic nitrogens is 9. The summed E-state index contributed by atoms with van der Waals surface area (Å²) in [5.41, 5.74) is 21.9. The number of para-hydroxylation sites is 3. The van der Waals surface area contributed by atoms with Gasteiger partial charge in [-0.15, -0.1) is 0 Å². The number of hydrogen-bond donors (Lipinski definition) is 0. The van der Waals surface area contributed by atoms with Crippen molar-refractivity contribution in [1.82, 2.24) is 44.9 Å². The fourth-order valence-electron chi connectivity index (χ4n) is 20.4. The Bertz CT molecular complexity index is 10000. The standard InChI is InChI=1S/C47H29N3O.C45H27N3O.C41H25N3O/c1-2-11-30(12-3-1)35-17-10-18-36(27-35)39-25-26-41(43-40-19-8-9-20-42(40)51-44(39)43)47-49-45(37-23-21-31-13-4-6-15-33(31)28-37)48-46(50-47)38-24-22-32-14-5-7-16-34(32)29-38;1-4-12-31-25-34(20-17-28(31)9-1)37-23-24-39(41-38-15-7-8-16-40(38)49-42(37)41)45-47-43(35-21-18-29-10-2-5-13-32(29)26-35)46-44(48-45)36-22-19-30-11-3-6-14-33(30)27-36;1-2-12-28(13-3-1)39-42-40(32-21-19-27-11-5-7-15-30(27)25-32)44-41(43-39)35-23-22-33(31-20-18-26-10-4-6-14-29(26)24-31)38-37(35)34-16-8-9-17-36(34)45-38/h1-29H;1-27H;1-25H. The second kappa shape index (κ2) is 35.9. The number of benzene rings is 23. The Labute approximate surface area is 832 Å². The van der Waals surface area contributed by atoms with Gasteiger partial charge in [0.05, 0.1) is 0 Å². The van der Waals surface area contributed by atoms with Gasteiger partial charge in [0.1, 0.15) is 33.5 Å². The van der Waals surface area contributed by atoms with Gasteiger partial charge in [0.15, 0.2) is 52.4 Å². The van der Waals surface area contributed by atoms with Crippen LogP contribution >= 0.6 is 0 Å². The van der Waals surface area contributed by atoms with Crippen molar-refractivity contribution in [3.05, 3.63) is 491 Å². The number of nitrogens with zero attached hydrogens (tertiary/aromatic N) is 9. The molecular formula is C133H81N9O3. The minimum atomic E-state index is 0.595. The number of furan rings is 3. The van der Waals surface area contributed by atoms with Crippen LogP contribution in [0.2, 0.25) is 0 Å². The van der Waals surface area contributed by atoms with Crippen molar-refractivity contribution in [2.45, 2.75) is 0 Å². The summed E-state index contributed by atoms with van der Waals surface area (Å²) in [6, 6.07) is 170. The monoisotopic (exact) mass is 1850 g/mol. The summed E-state index contributed by atoms with van der Waals surface area (Å²) in [6.45, 7) is 0. The largest absolute Gasteiger partial charge is 0.455 e. The SMILES string of the molecule is c1ccc(-c2cccc(-c3ccc(-c4nc(-c5ccc6ccccc6c5)nc(-c5ccc6ccccc6c5)n4)c4c3oc3ccccc34)c2)cc1.c1ccc(-c2nc(-c3ccc4ccccc4c3)nc(-c3ccc(-c4ccc5ccccc5c4)c4oc5ccccc5c34)n2)cc1.c1ccc2cc(-c3nc(-c4ccc5ccccc5c4)nc(-c4ccc(-c5ccc6ccccc6c5)c5oc6ccccc6c45)n3)ccc2c1. The molecule has 0 saturated carbocycles. The Hall–Kier alpha value is -19.7. The molecule has 0 aliphatic rings. The summed E-state index contributed by atoms with van der Waals surface area (Å²) in [7, 11) is 0. The number of hydrogen-bond acceptors (Lipinski definition) is 12. The highest BCUT2D eigenvalue weighted by Gasteiger charge is 2.27. The molecule has 0 radical (unpaired) electrons. The van der Waals surface area contributed by atoms with Crippen LogP contribution in [0.25, 0.3) is 288 Å². The van der Waals surface area contributed by atoms with Gasteiger partial charge in [0, 0.05) is 99.1 Å². The van der Waals surface area contributed by atoms with Gasteiger partial charge in [-0.05, 0) is 206 Å². The molecule has 0 aliphatic carbocycles. The number of rotatable bonds is 13. The maximum atomic E-state index is 6.70. The Morgan fingerprint density at radius 1 is 0.117 bits per heavy atom. The summed E-state index contributed by atoms with van der Waals surface area (Å²) in [4.78, 5) is 46.1. The molecule has 0 atom stereocenters. The van der Waals surface area contributed by atoms with Crippen molar-refractivity contribution in [2.75, 3.05) is 0 Å². The highest BCUT2D eigenvalue weighted by molar-refractivity contribution is 6.19. The van der Waals surface area contributed by atoms with Crippen LogP contribution in [0.4, 0.5) is 0 Å². The zero-order valence-electron chi connectivity index (χ0n) is 78.0. The lowest BCUT2D eigenvalue weighted by Gasteiger charge is -2.12. The highest BCUT2D eigenvalue weighted by Crippen LogP contribution is 2.48. The van der Waals surface area contributed by atoms with Gasteiger partial charge >= 0.3 is 0 Å². The van der Waals surface area contributed by atoms with Crippen LogP contribution in [-0.2, 0) is 0 Å². The molecule has 0 aliphatic heterocycles. The zero-order valence-corrected chi connectivity index (χ0v) is 78.0. The van der Waals surface area contributed by atoms with Gasteiger partial charge in [-0.3, -0.25) is 0 Å². The van der Waals surface area contributed by atoms with E-state index in [1.54, 1.807) is 0 Å². The Morgan fingerprint density at radius 3 is 0.607 bits per heavy atom. The molecule has 0 unspecified atom stereocenters. The Balaban J connectivity index is 0.000000108. The van der Waals surface area contributed by atoms with Crippen LogP contribution in [0.3, 0.4) is 0 Å². The minimum Gasteiger partial charge on any atom is -0.455 e. The van der Waals surface area contributed by atoms with Crippen LogP contribution in [0.1, 0.15) is 0 Å². The van der Waals surface area contributed by atoms with E-state index in [0.29, 0.717) is 52.4 Å². The van der Waals surface area contributed by atoms with E-state index in [9.17, 15) is 0 Å². The third-order valence-corrected chi connectivity index (χ3v) is 27.7. The van der Waals surface area contributed by atoms with E-state index in [2.05, 4.69) is 413 Å². The Kier molecular flexibility index (Phi) is 21.0. The molecule has 0 N–H and O–H groups in total. The normalized spacial score (nSPS) is 11.6. The lowest BCUT2D eigenvalue weighted by atomic mass is 9.95. The molecule has 29 aromatic rings. The molecule has 12 nitrogen and oxygen atoms in total. The predicted octanol–water partition coefficient (Wildman–Crippen LogP) is 35.1. The summed E-state index contributed by atoms with van der Waals surface area (Å²) < 4.78 is 20.0. The topological polar surface area (TPSA) is 155 Å². The van der Waals surface area contributed by atoms with Crippen molar-refractivity contribution in [3.63, 3.8) is 0 Å². The van der Waals surface area contributed by atoms with Gasteiger partial charge < -0.3 is 13.3 Å². The van der Waals surface area contributed by atoms with Crippen LogP contribution in [0.5, 0.6) is 0 Å². The Morgan fingerprint density at radius 2 is 0.317 bits per heavy atom. The first-order valence-corrected chi connectivity index (χ1v) is 48.6. The number of fused-ring (bicyclic) bond motifs is 16. The molecule has 145 heavy (non-hydrogen) atoms. The summed E-state index contributed by atoms with van der Waals surface area (Å²) in [6.07, 6.45) is 0. The molecule has 0 amide bonds. The van der Waals surface area contributed by atoms with Crippen LogP contribution in [0.15, 0.2) is 505 Å². The maximum absolute atomic E-state index is 6.70.